The van der Waals surface area contributed by atoms with E-state index in [0.29, 0.717) is 33.5 Å². The Kier molecular flexibility index (Phi) is 5.81. The van der Waals surface area contributed by atoms with Gasteiger partial charge in [0.05, 0.1) is 16.4 Å². The zero-order chi connectivity index (χ0) is 21.8. The summed E-state index contributed by atoms with van der Waals surface area (Å²) in [7, 11) is 0. The van der Waals surface area contributed by atoms with Crippen molar-refractivity contribution in [1.82, 2.24) is 9.38 Å². The topological polar surface area (TPSA) is 84.7 Å². The van der Waals surface area contributed by atoms with Crippen molar-refractivity contribution in [1.29, 1.82) is 0 Å². The van der Waals surface area contributed by atoms with Crippen molar-refractivity contribution in [2.75, 3.05) is 10.6 Å². The molecule has 0 radical (unpaired) electrons. The van der Waals surface area contributed by atoms with Crippen LogP contribution in [-0.4, -0.2) is 15.4 Å². The molecule has 0 saturated heterocycles. The number of fused-ring (bicyclic) bond motifs is 1. The number of pyridine rings is 1. The van der Waals surface area contributed by atoms with E-state index < -0.39 is 11.8 Å². The summed E-state index contributed by atoms with van der Waals surface area (Å²) in [4.78, 5) is 29.0. The van der Waals surface area contributed by atoms with Crippen molar-refractivity contribution in [3.05, 3.63) is 99.8 Å². The minimum Gasteiger partial charge on any atom is -0.485 e. The molecule has 0 aliphatic heterocycles. The van der Waals surface area contributed by atoms with Crippen LogP contribution in [0.1, 0.15) is 5.69 Å². The highest BCUT2D eigenvalue weighted by atomic mass is 35.5. The number of aromatic nitrogens is 2. The zero-order valence-corrected chi connectivity index (χ0v) is 16.8. The molecule has 2 aromatic carbocycles. The van der Waals surface area contributed by atoms with Gasteiger partial charge in [0.25, 0.3) is 5.56 Å². The second-order valence-electron chi connectivity index (χ2n) is 6.54. The molecule has 0 unspecified atom stereocenters. The van der Waals surface area contributed by atoms with Gasteiger partial charge < -0.3 is 15.4 Å². The Bertz CT molecular complexity index is 1330. The number of urea groups is 1. The van der Waals surface area contributed by atoms with Crippen molar-refractivity contribution < 1.29 is 13.9 Å². The third-order valence-electron chi connectivity index (χ3n) is 4.27. The molecule has 4 rings (SSSR count). The summed E-state index contributed by atoms with van der Waals surface area (Å²) >= 11 is 5.92. The van der Waals surface area contributed by atoms with Crippen LogP contribution in [0.25, 0.3) is 5.65 Å². The molecule has 2 N–H and O–H groups in total. The smallest absolute Gasteiger partial charge is 0.323 e. The Balaban J connectivity index is 1.47. The lowest BCUT2D eigenvalue weighted by atomic mass is 10.3. The van der Waals surface area contributed by atoms with Crippen LogP contribution in [0, 0.1) is 5.82 Å². The third kappa shape index (κ3) is 4.99. The van der Waals surface area contributed by atoms with Gasteiger partial charge in [-0.3, -0.25) is 9.20 Å². The van der Waals surface area contributed by atoms with Crippen LogP contribution in [0.4, 0.5) is 20.6 Å². The van der Waals surface area contributed by atoms with Crippen LogP contribution < -0.4 is 20.9 Å². The van der Waals surface area contributed by atoms with E-state index in [1.807, 2.05) is 0 Å². The number of amides is 2. The molecule has 9 heteroatoms. The van der Waals surface area contributed by atoms with Gasteiger partial charge in [-0.2, -0.15) is 0 Å². The predicted molar refractivity (Wildman–Crippen MR) is 116 cm³/mol. The standard InChI is InChI=1S/C22H16ClFN4O3/c23-14-8-9-20-25-17(11-21(29)28(20)12-14)13-31-19-7-2-1-6-18(19)27-22(30)26-16-5-3-4-15(24)10-16/h1-12H,13H2,(H2,26,27,30). The summed E-state index contributed by atoms with van der Waals surface area (Å²) in [5.41, 5.74) is 1.30. The molecular formula is C22H16ClFN4O3. The number of nitrogens with zero attached hydrogens (tertiary/aromatic N) is 2. The van der Waals surface area contributed by atoms with E-state index in [-0.39, 0.29) is 12.2 Å². The van der Waals surface area contributed by atoms with Crippen LogP contribution in [0.5, 0.6) is 5.75 Å². The molecule has 2 heterocycles. The largest absolute Gasteiger partial charge is 0.485 e. The predicted octanol–water partition coefficient (Wildman–Crippen LogP) is 4.71. The zero-order valence-electron chi connectivity index (χ0n) is 16.0. The van der Waals surface area contributed by atoms with Gasteiger partial charge in [0.2, 0.25) is 0 Å². The number of rotatable bonds is 5. The first kappa shape index (κ1) is 20.4. The van der Waals surface area contributed by atoms with Gasteiger partial charge in [0.1, 0.15) is 23.8 Å². The number of benzene rings is 2. The molecule has 0 fully saturated rings. The van der Waals surface area contributed by atoms with Crippen LogP contribution in [-0.2, 0) is 6.61 Å². The van der Waals surface area contributed by atoms with Crippen LogP contribution in [0.15, 0.2) is 77.7 Å². The molecule has 0 spiro atoms. The lowest BCUT2D eigenvalue weighted by Gasteiger charge is -2.13. The molecule has 0 aliphatic carbocycles. The van der Waals surface area contributed by atoms with Crippen LogP contribution >= 0.6 is 11.6 Å². The highest BCUT2D eigenvalue weighted by Gasteiger charge is 2.10. The summed E-state index contributed by atoms with van der Waals surface area (Å²) in [5, 5.41) is 5.64. The Hall–Kier alpha value is -3.91. The maximum absolute atomic E-state index is 13.3. The van der Waals surface area contributed by atoms with Crippen molar-refractivity contribution in [3.8, 4) is 5.75 Å². The van der Waals surface area contributed by atoms with E-state index in [9.17, 15) is 14.0 Å². The fourth-order valence-corrected chi connectivity index (χ4v) is 3.06. The van der Waals surface area contributed by atoms with E-state index in [1.165, 1.54) is 34.9 Å². The first-order valence-corrected chi connectivity index (χ1v) is 9.59. The summed E-state index contributed by atoms with van der Waals surface area (Å²) in [6, 6.07) is 16.5. The maximum Gasteiger partial charge on any atom is 0.323 e. The molecule has 0 saturated carbocycles. The minimum atomic E-state index is -0.555. The number of nitrogens with one attached hydrogen (secondary N) is 2. The number of ether oxygens (including phenoxy) is 1. The molecular weight excluding hydrogens is 423 g/mol. The summed E-state index contributed by atoms with van der Waals surface area (Å²) in [6.45, 7) is 0.0125. The summed E-state index contributed by atoms with van der Waals surface area (Å²) in [6.07, 6.45) is 1.49. The fourth-order valence-electron chi connectivity index (χ4n) is 2.90. The number of carbonyl (C=O) groups excluding carboxylic acids is 1. The Morgan fingerprint density at radius 2 is 1.90 bits per heavy atom. The Morgan fingerprint density at radius 1 is 1.06 bits per heavy atom. The fraction of sp³-hybridized carbons (Fsp3) is 0.0455. The van der Waals surface area contributed by atoms with Crippen molar-refractivity contribution >= 4 is 34.7 Å². The van der Waals surface area contributed by atoms with E-state index in [1.54, 1.807) is 42.5 Å². The van der Waals surface area contributed by atoms with Crippen molar-refractivity contribution in [2.24, 2.45) is 0 Å². The molecule has 2 aromatic heterocycles. The maximum atomic E-state index is 13.3. The molecule has 156 valence electrons. The average molecular weight is 439 g/mol. The summed E-state index contributed by atoms with van der Waals surface area (Å²) < 4.78 is 20.4. The lowest BCUT2D eigenvalue weighted by Crippen LogP contribution is -2.20. The van der Waals surface area contributed by atoms with Gasteiger partial charge in [0, 0.05) is 18.0 Å². The van der Waals surface area contributed by atoms with Gasteiger partial charge in [-0.15, -0.1) is 0 Å². The number of anilines is 2. The van der Waals surface area contributed by atoms with Gasteiger partial charge >= 0.3 is 6.03 Å². The average Bonchev–Trinajstić information content (AvgIpc) is 2.73. The number of carbonyl (C=O) groups is 1. The molecule has 0 atom stereocenters. The van der Waals surface area contributed by atoms with E-state index >= 15 is 0 Å². The quantitative estimate of drug-likeness (QED) is 0.472. The molecule has 0 aliphatic rings. The molecule has 0 bridgehead atoms. The van der Waals surface area contributed by atoms with Crippen molar-refractivity contribution in [2.45, 2.75) is 6.61 Å². The SMILES string of the molecule is O=C(Nc1cccc(F)c1)Nc1ccccc1OCc1cc(=O)n2cc(Cl)ccc2n1. The van der Waals surface area contributed by atoms with Gasteiger partial charge in [-0.25, -0.2) is 14.2 Å². The van der Waals surface area contributed by atoms with Crippen LogP contribution in [0.3, 0.4) is 0 Å². The van der Waals surface area contributed by atoms with Crippen LogP contribution in [0.2, 0.25) is 5.02 Å². The third-order valence-corrected chi connectivity index (χ3v) is 4.49. The first-order chi connectivity index (χ1) is 15.0. The second kappa shape index (κ2) is 8.85. The molecule has 7 nitrogen and oxygen atoms in total. The second-order valence-corrected chi connectivity index (χ2v) is 6.97. The highest BCUT2D eigenvalue weighted by Crippen LogP contribution is 2.25. The van der Waals surface area contributed by atoms with E-state index in [2.05, 4.69) is 15.6 Å². The summed E-state index contributed by atoms with van der Waals surface area (Å²) in [5.74, 6) is -0.0717. The first-order valence-electron chi connectivity index (χ1n) is 9.21. The number of hydrogen-bond acceptors (Lipinski definition) is 4. The van der Waals surface area contributed by atoms with Gasteiger partial charge in [0.15, 0.2) is 0 Å². The normalized spacial score (nSPS) is 10.6. The number of hydrogen-bond donors (Lipinski definition) is 2. The van der Waals surface area contributed by atoms with E-state index in [4.69, 9.17) is 16.3 Å². The highest BCUT2D eigenvalue weighted by molar-refractivity contribution is 6.30. The van der Waals surface area contributed by atoms with Gasteiger partial charge in [-0.1, -0.05) is 29.8 Å². The van der Waals surface area contributed by atoms with Gasteiger partial charge in [-0.05, 0) is 42.5 Å². The Morgan fingerprint density at radius 3 is 2.74 bits per heavy atom. The molecule has 2 amide bonds. The van der Waals surface area contributed by atoms with E-state index in [0.717, 1.165) is 0 Å². The Labute approximate surface area is 181 Å². The van der Waals surface area contributed by atoms with Crippen molar-refractivity contribution in [3.63, 3.8) is 0 Å². The lowest BCUT2D eigenvalue weighted by molar-refractivity contribution is 0.261. The number of para-hydroxylation sites is 2. The molecule has 4 aromatic rings. The number of halogens is 2. The monoisotopic (exact) mass is 438 g/mol. The minimum absolute atomic E-state index is 0.0125. The molecule has 31 heavy (non-hydrogen) atoms.